The van der Waals surface area contributed by atoms with E-state index in [-0.39, 0.29) is 12.0 Å². The van der Waals surface area contributed by atoms with Gasteiger partial charge in [0.05, 0.1) is 4.92 Å². The largest absolute Gasteiger partial charge is 0.423 e. The van der Waals surface area contributed by atoms with Crippen molar-refractivity contribution >= 4 is 11.4 Å². The molecule has 1 aliphatic rings. The van der Waals surface area contributed by atoms with Crippen LogP contribution in [-0.4, -0.2) is 24.1 Å². The first-order valence-corrected chi connectivity index (χ1v) is 6.56. The summed E-state index contributed by atoms with van der Waals surface area (Å²) in [5, 5.41) is 10.7. The minimum absolute atomic E-state index is 0.0291. The van der Waals surface area contributed by atoms with Crippen molar-refractivity contribution in [1.82, 2.24) is 0 Å². The van der Waals surface area contributed by atoms with Crippen LogP contribution in [0, 0.1) is 16.0 Å². The standard InChI is InChI=1S/C13H16F3N3O2/c1-8-7-18(5-4-11(8)17)9-2-3-12(19(20)21)10(6-9)13(14,15)16/h2-3,6,8,11H,4-5,7,17H2,1H3. The zero-order chi connectivity index (χ0) is 15.8. The highest BCUT2D eigenvalue weighted by molar-refractivity contribution is 5.57. The Bertz CT molecular complexity index is 548. The molecule has 0 saturated carbocycles. The van der Waals surface area contributed by atoms with Gasteiger partial charge in [-0.25, -0.2) is 0 Å². The van der Waals surface area contributed by atoms with Crippen LogP contribution in [-0.2, 0) is 6.18 Å². The number of nitrogens with two attached hydrogens (primary N) is 1. The van der Waals surface area contributed by atoms with Gasteiger partial charge in [-0.15, -0.1) is 0 Å². The lowest BCUT2D eigenvalue weighted by Gasteiger charge is -2.36. The molecule has 116 valence electrons. The Labute approximate surface area is 119 Å². The van der Waals surface area contributed by atoms with E-state index in [2.05, 4.69) is 0 Å². The van der Waals surface area contributed by atoms with Gasteiger partial charge in [0, 0.05) is 30.9 Å². The van der Waals surface area contributed by atoms with Gasteiger partial charge in [0.15, 0.2) is 0 Å². The highest BCUT2D eigenvalue weighted by Crippen LogP contribution is 2.38. The van der Waals surface area contributed by atoms with E-state index in [4.69, 9.17) is 5.73 Å². The normalized spacial score (nSPS) is 23.2. The number of rotatable bonds is 2. The minimum Gasteiger partial charge on any atom is -0.371 e. The molecule has 2 rings (SSSR count). The Morgan fingerprint density at radius 3 is 2.62 bits per heavy atom. The molecule has 0 bridgehead atoms. The third-order valence-electron chi connectivity index (χ3n) is 3.82. The second-order valence-corrected chi connectivity index (χ2v) is 5.33. The maximum Gasteiger partial charge on any atom is 0.423 e. The number of nitro groups is 1. The van der Waals surface area contributed by atoms with Crippen LogP contribution in [0.4, 0.5) is 24.5 Å². The highest BCUT2D eigenvalue weighted by atomic mass is 19.4. The fourth-order valence-corrected chi connectivity index (χ4v) is 2.51. The van der Waals surface area contributed by atoms with Gasteiger partial charge < -0.3 is 10.6 Å². The molecular weight excluding hydrogens is 287 g/mol. The number of alkyl halides is 3. The molecule has 1 aromatic carbocycles. The summed E-state index contributed by atoms with van der Waals surface area (Å²) in [4.78, 5) is 11.5. The lowest BCUT2D eigenvalue weighted by atomic mass is 9.94. The maximum atomic E-state index is 13.0. The van der Waals surface area contributed by atoms with E-state index in [0.717, 1.165) is 12.1 Å². The van der Waals surface area contributed by atoms with Gasteiger partial charge >= 0.3 is 6.18 Å². The summed E-state index contributed by atoms with van der Waals surface area (Å²) in [6.45, 7) is 3.02. The lowest BCUT2D eigenvalue weighted by molar-refractivity contribution is -0.388. The second-order valence-electron chi connectivity index (χ2n) is 5.33. The third-order valence-corrected chi connectivity index (χ3v) is 3.82. The predicted molar refractivity (Wildman–Crippen MR) is 72.1 cm³/mol. The molecule has 1 aromatic rings. The van der Waals surface area contributed by atoms with E-state index in [0.29, 0.717) is 25.2 Å². The third kappa shape index (κ3) is 3.26. The molecule has 0 amide bonds. The van der Waals surface area contributed by atoms with Crippen LogP contribution in [0.25, 0.3) is 0 Å². The Morgan fingerprint density at radius 2 is 2.10 bits per heavy atom. The van der Waals surface area contributed by atoms with Crippen molar-refractivity contribution in [3.05, 3.63) is 33.9 Å². The monoisotopic (exact) mass is 303 g/mol. The molecule has 0 radical (unpaired) electrons. The predicted octanol–water partition coefficient (Wildman–Crippen LogP) is 2.79. The Balaban J connectivity index is 2.36. The number of nitrogens with zero attached hydrogens (tertiary/aromatic N) is 2. The van der Waals surface area contributed by atoms with Gasteiger partial charge in [0.1, 0.15) is 5.56 Å². The van der Waals surface area contributed by atoms with E-state index >= 15 is 0 Å². The minimum atomic E-state index is -4.75. The smallest absolute Gasteiger partial charge is 0.371 e. The van der Waals surface area contributed by atoms with Crippen molar-refractivity contribution in [1.29, 1.82) is 0 Å². The summed E-state index contributed by atoms with van der Waals surface area (Å²) in [5.74, 6) is 0.156. The zero-order valence-corrected chi connectivity index (χ0v) is 11.4. The van der Waals surface area contributed by atoms with E-state index in [1.165, 1.54) is 6.07 Å². The van der Waals surface area contributed by atoms with Crippen LogP contribution >= 0.6 is 0 Å². The fourth-order valence-electron chi connectivity index (χ4n) is 2.51. The van der Waals surface area contributed by atoms with Gasteiger partial charge in [-0.2, -0.15) is 13.2 Å². The average Bonchev–Trinajstić information content (AvgIpc) is 2.40. The van der Waals surface area contributed by atoms with Crippen molar-refractivity contribution in [3.8, 4) is 0 Å². The summed E-state index contributed by atoms with van der Waals surface area (Å²) in [6.07, 6.45) is -4.07. The zero-order valence-electron chi connectivity index (χ0n) is 11.4. The number of piperidine rings is 1. The molecule has 1 heterocycles. The van der Waals surface area contributed by atoms with Crippen molar-refractivity contribution in [2.24, 2.45) is 11.7 Å². The van der Waals surface area contributed by atoms with E-state index in [9.17, 15) is 23.3 Å². The number of hydrogen-bond acceptors (Lipinski definition) is 4. The van der Waals surface area contributed by atoms with Crippen LogP contribution in [0.2, 0.25) is 0 Å². The van der Waals surface area contributed by atoms with Crippen LogP contribution in [0.15, 0.2) is 18.2 Å². The first-order valence-electron chi connectivity index (χ1n) is 6.56. The molecule has 1 saturated heterocycles. The number of benzene rings is 1. The molecule has 2 atom stereocenters. The first-order chi connectivity index (χ1) is 9.70. The number of anilines is 1. The van der Waals surface area contributed by atoms with Crippen molar-refractivity contribution in [2.75, 3.05) is 18.0 Å². The van der Waals surface area contributed by atoms with Gasteiger partial charge in [-0.1, -0.05) is 6.92 Å². The molecule has 1 fully saturated rings. The Morgan fingerprint density at radius 1 is 1.43 bits per heavy atom. The number of nitro benzene ring substituents is 1. The van der Waals surface area contributed by atoms with E-state index < -0.39 is 22.4 Å². The quantitative estimate of drug-likeness (QED) is 0.673. The topological polar surface area (TPSA) is 72.4 Å². The van der Waals surface area contributed by atoms with Gasteiger partial charge in [0.2, 0.25) is 0 Å². The molecule has 21 heavy (non-hydrogen) atoms. The summed E-state index contributed by atoms with van der Waals surface area (Å²) < 4.78 is 38.9. The van der Waals surface area contributed by atoms with Gasteiger partial charge in [0.25, 0.3) is 5.69 Å². The molecule has 0 aliphatic carbocycles. The Kier molecular flexibility index (Phi) is 4.08. The molecule has 2 N–H and O–H groups in total. The van der Waals surface area contributed by atoms with Crippen LogP contribution in [0.3, 0.4) is 0 Å². The van der Waals surface area contributed by atoms with Crippen LogP contribution in [0.1, 0.15) is 18.9 Å². The maximum absolute atomic E-state index is 13.0. The number of halogens is 3. The Hall–Kier alpha value is -1.83. The second kappa shape index (κ2) is 5.51. The number of hydrogen-bond donors (Lipinski definition) is 1. The SMILES string of the molecule is CC1CN(c2ccc([N+](=O)[O-])c(C(F)(F)F)c2)CCC1N. The molecular formula is C13H16F3N3O2. The van der Waals surface area contributed by atoms with Crippen LogP contribution < -0.4 is 10.6 Å². The molecule has 1 aliphatic heterocycles. The van der Waals surface area contributed by atoms with Gasteiger partial charge in [-0.3, -0.25) is 10.1 Å². The van der Waals surface area contributed by atoms with Crippen molar-refractivity contribution in [2.45, 2.75) is 25.6 Å². The lowest BCUT2D eigenvalue weighted by Crippen LogP contribution is -2.46. The van der Waals surface area contributed by atoms with Crippen molar-refractivity contribution in [3.63, 3.8) is 0 Å². The van der Waals surface area contributed by atoms with Gasteiger partial charge in [-0.05, 0) is 24.5 Å². The summed E-state index contributed by atoms with van der Waals surface area (Å²) in [6, 6.07) is 3.15. The van der Waals surface area contributed by atoms with E-state index in [1.807, 2.05) is 6.92 Å². The highest BCUT2D eigenvalue weighted by Gasteiger charge is 2.39. The summed E-state index contributed by atoms with van der Waals surface area (Å²) in [5.41, 5.74) is 4.09. The van der Waals surface area contributed by atoms with Crippen molar-refractivity contribution < 1.29 is 18.1 Å². The molecule has 5 nitrogen and oxygen atoms in total. The van der Waals surface area contributed by atoms with E-state index in [1.54, 1.807) is 4.90 Å². The average molecular weight is 303 g/mol. The molecule has 2 unspecified atom stereocenters. The molecule has 0 aromatic heterocycles. The molecule has 8 heteroatoms. The van der Waals surface area contributed by atoms with Crippen LogP contribution in [0.5, 0.6) is 0 Å². The summed E-state index contributed by atoms with van der Waals surface area (Å²) in [7, 11) is 0. The summed E-state index contributed by atoms with van der Waals surface area (Å²) >= 11 is 0. The molecule has 0 spiro atoms. The first kappa shape index (κ1) is 15.6. The fraction of sp³-hybridized carbons (Fsp3) is 0.538.